The highest BCUT2D eigenvalue weighted by molar-refractivity contribution is 6.30. The first-order valence-corrected chi connectivity index (χ1v) is 10.5. The van der Waals surface area contributed by atoms with Crippen LogP contribution in [0.3, 0.4) is 0 Å². The summed E-state index contributed by atoms with van der Waals surface area (Å²) in [5.41, 5.74) is 2.35. The third-order valence-corrected chi connectivity index (χ3v) is 5.32. The Morgan fingerprint density at radius 2 is 1.93 bits per heavy atom. The summed E-state index contributed by atoms with van der Waals surface area (Å²) in [4.78, 5) is 21.2. The van der Waals surface area contributed by atoms with Crippen molar-refractivity contribution in [3.8, 4) is 11.4 Å². The summed E-state index contributed by atoms with van der Waals surface area (Å²) in [6.45, 7) is 7.62. The van der Waals surface area contributed by atoms with Crippen molar-refractivity contribution in [1.29, 1.82) is 0 Å². The minimum absolute atomic E-state index is 0.0243. The lowest BCUT2D eigenvalue weighted by molar-refractivity contribution is 0.0609. The van der Waals surface area contributed by atoms with E-state index in [1.54, 1.807) is 12.1 Å². The monoisotopic (exact) mass is 428 g/mol. The van der Waals surface area contributed by atoms with Crippen LogP contribution in [-0.4, -0.2) is 62.2 Å². The number of H-pyrrole nitrogens is 1. The molecule has 1 saturated heterocycles. The van der Waals surface area contributed by atoms with Gasteiger partial charge in [-0.3, -0.25) is 14.8 Å². The number of benzene rings is 1. The second-order valence-corrected chi connectivity index (χ2v) is 8.40. The maximum atomic E-state index is 12.7. The second kappa shape index (κ2) is 8.97. The minimum atomic E-state index is -0.0243. The molecule has 1 N–H and O–H groups in total. The van der Waals surface area contributed by atoms with E-state index >= 15 is 0 Å². The van der Waals surface area contributed by atoms with E-state index in [0.717, 1.165) is 30.8 Å². The molecule has 8 nitrogen and oxygen atoms in total. The van der Waals surface area contributed by atoms with Gasteiger partial charge in [-0.15, -0.1) is 0 Å². The number of nitrogens with one attached hydrogen (secondary N) is 1. The van der Waals surface area contributed by atoms with Crippen LogP contribution in [0, 0.1) is 5.92 Å². The summed E-state index contributed by atoms with van der Waals surface area (Å²) in [5.74, 6) is 1.60. The molecule has 0 radical (unpaired) electrons. The van der Waals surface area contributed by atoms with Crippen molar-refractivity contribution in [2.75, 3.05) is 26.2 Å². The molecule has 0 atom stereocenters. The highest BCUT2D eigenvalue weighted by Gasteiger charge is 2.25. The van der Waals surface area contributed by atoms with Gasteiger partial charge in [0, 0.05) is 42.5 Å². The van der Waals surface area contributed by atoms with Gasteiger partial charge in [0.1, 0.15) is 5.69 Å². The van der Waals surface area contributed by atoms with Crippen LogP contribution < -0.4 is 0 Å². The molecule has 0 spiro atoms. The average Bonchev–Trinajstić information content (AvgIpc) is 3.38. The number of hydrogen-bond donors (Lipinski definition) is 1. The molecule has 0 bridgehead atoms. The van der Waals surface area contributed by atoms with Crippen molar-refractivity contribution < 1.29 is 9.32 Å². The number of amides is 1. The molecule has 2 aromatic heterocycles. The summed E-state index contributed by atoms with van der Waals surface area (Å²) >= 11 is 5.92. The van der Waals surface area contributed by atoms with Crippen LogP contribution in [0.15, 0.2) is 34.9 Å². The Morgan fingerprint density at radius 1 is 1.20 bits per heavy atom. The van der Waals surface area contributed by atoms with Crippen LogP contribution in [0.5, 0.6) is 0 Å². The third kappa shape index (κ3) is 4.88. The Labute approximate surface area is 180 Å². The first-order chi connectivity index (χ1) is 14.5. The van der Waals surface area contributed by atoms with E-state index in [1.807, 2.05) is 23.1 Å². The quantitative estimate of drug-likeness (QED) is 0.647. The molecule has 1 aromatic carbocycles. The topological polar surface area (TPSA) is 91.2 Å². The summed E-state index contributed by atoms with van der Waals surface area (Å²) in [6.07, 6.45) is 0.885. The van der Waals surface area contributed by atoms with Crippen molar-refractivity contribution in [2.24, 2.45) is 5.92 Å². The lowest BCUT2D eigenvalue weighted by Crippen LogP contribution is -2.48. The van der Waals surface area contributed by atoms with E-state index < -0.39 is 0 Å². The molecule has 0 aliphatic carbocycles. The highest BCUT2D eigenvalue weighted by atomic mass is 35.5. The van der Waals surface area contributed by atoms with Crippen LogP contribution in [0.1, 0.15) is 35.9 Å². The molecule has 0 unspecified atom stereocenters. The Kier molecular flexibility index (Phi) is 6.15. The second-order valence-electron chi connectivity index (χ2n) is 7.96. The smallest absolute Gasteiger partial charge is 0.274 e. The molecule has 1 fully saturated rings. The van der Waals surface area contributed by atoms with Gasteiger partial charge >= 0.3 is 0 Å². The van der Waals surface area contributed by atoms with E-state index in [9.17, 15) is 4.79 Å². The van der Waals surface area contributed by atoms with Gasteiger partial charge < -0.3 is 9.42 Å². The number of aromatic nitrogens is 4. The molecule has 3 heterocycles. The first-order valence-electron chi connectivity index (χ1n) is 10.1. The number of piperazine rings is 1. The van der Waals surface area contributed by atoms with Crippen LogP contribution >= 0.6 is 11.6 Å². The molecule has 1 aliphatic rings. The van der Waals surface area contributed by atoms with E-state index in [0.29, 0.717) is 48.0 Å². The Hall–Kier alpha value is -2.71. The zero-order chi connectivity index (χ0) is 21.1. The number of carbonyl (C=O) groups is 1. The molecule has 0 saturated carbocycles. The van der Waals surface area contributed by atoms with Gasteiger partial charge in [0.2, 0.25) is 11.7 Å². The maximum absolute atomic E-state index is 12.7. The van der Waals surface area contributed by atoms with Gasteiger partial charge in [-0.25, -0.2) is 0 Å². The van der Waals surface area contributed by atoms with E-state index in [-0.39, 0.29) is 5.91 Å². The molecule has 3 aromatic rings. The van der Waals surface area contributed by atoms with Gasteiger partial charge in [0.05, 0.1) is 6.54 Å². The number of hydrogen-bond acceptors (Lipinski definition) is 6. The largest absolute Gasteiger partial charge is 0.338 e. The molecule has 30 heavy (non-hydrogen) atoms. The van der Waals surface area contributed by atoms with Crippen molar-refractivity contribution in [3.63, 3.8) is 0 Å². The highest BCUT2D eigenvalue weighted by Crippen LogP contribution is 2.19. The van der Waals surface area contributed by atoms with E-state index in [1.165, 1.54) is 0 Å². The number of nitrogens with zero attached hydrogens (tertiary/aromatic N) is 5. The van der Waals surface area contributed by atoms with Crippen molar-refractivity contribution in [1.82, 2.24) is 30.1 Å². The Bertz CT molecular complexity index is 989. The van der Waals surface area contributed by atoms with E-state index in [2.05, 4.69) is 39.1 Å². The fourth-order valence-electron chi connectivity index (χ4n) is 3.51. The van der Waals surface area contributed by atoms with Crippen LogP contribution in [0.2, 0.25) is 5.02 Å². The first kappa shape index (κ1) is 20.6. The average molecular weight is 429 g/mol. The summed E-state index contributed by atoms with van der Waals surface area (Å²) in [6, 6.07) is 9.19. The standard InChI is InChI=1S/C21H25ClN6O2/c1-14(2)11-17-12-18(25-24-17)21(29)28-9-7-27(8-10-28)13-19-23-20(26-30-19)15-3-5-16(22)6-4-15/h3-6,12,14H,7-11,13H2,1-2H3,(H,24,25). The SMILES string of the molecule is CC(C)Cc1cc(C(=O)N2CCN(Cc3nc(-c4ccc(Cl)cc4)no3)CC2)n[nH]1. The fourth-order valence-corrected chi connectivity index (χ4v) is 3.64. The lowest BCUT2D eigenvalue weighted by Gasteiger charge is -2.33. The number of rotatable bonds is 6. The van der Waals surface area contributed by atoms with E-state index in [4.69, 9.17) is 16.1 Å². The van der Waals surface area contributed by atoms with Crippen LogP contribution in [0.25, 0.3) is 11.4 Å². The maximum Gasteiger partial charge on any atom is 0.274 e. The zero-order valence-electron chi connectivity index (χ0n) is 17.1. The number of carbonyl (C=O) groups excluding carboxylic acids is 1. The molecule has 158 valence electrons. The van der Waals surface area contributed by atoms with Crippen molar-refractivity contribution >= 4 is 17.5 Å². The van der Waals surface area contributed by atoms with Crippen molar-refractivity contribution in [2.45, 2.75) is 26.8 Å². The van der Waals surface area contributed by atoms with Crippen molar-refractivity contribution in [3.05, 3.63) is 52.6 Å². The Balaban J connectivity index is 1.30. The predicted molar refractivity (Wildman–Crippen MR) is 113 cm³/mol. The lowest BCUT2D eigenvalue weighted by atomic mass is 10.1. The van der Waals surface area contributed by atoms with Crippen LogP contribution in [0.4, 0.5) is 0 Å². The molecule has 1 amide bonds. The minimum Gasteiger partial charge on any atom is -0.338 e. The van der Waals surface area contributed by atoms with Gasteiger partial charge in [0.15, 0.2) is 0 Å². The molecule has 1 aliphatic heterocycles. The predicted octanol–water partition coefficient (Wildman–Crippen LogP) is 3.27. The van der Waals surface area contributed by atoms with Gasteiger partial charge in [-0.1, -0.05) is 30.6 Å². The molecule has 9 heteroatoms. The molecule has 4 rings (SSSR count). The number of halogens is 1. The summed E-state index contributed by atoms with van der Waals surface area (Å²) in [7, 11) is 0. The zero-order valence-corrected chi connectivity index (χ0v) is 17.9. The summed E-state index contributed by atoms with van der Waals surface area (Å²) < 4.78 is 5.40. The molecular formula is C21H25ClN6O2. The number of aromatic amines is 1. The Morgan fingerprint density at radius 3 is 2.63 bits per heavy atom. The normalized spacial score (nSPS) is 15.1. The fraction of sp³-hybridized carbons (Fsp3) is 0.429. The van der Waals surface area contributed by atoms with Gasteiger partial charge in [-0.2, -0.15) is 10.1 Å². The van der Waals surface area contributed by atoms with Gasteiger partial charge in [0.25, 0.3) is 5.91 Å². The van der Waals surface area contributed by atoms with Gasteiger partial charge in [-0.05, 0) is 42.7 Å². The summed E-state index contributed by atoms with van der Waals surface area (Å²) in [5, 5.41) is 11.9. The van der Waals surface area contributed by atoms with Crippen LogP contribution in [-0.2, 0) is 13.0 Å². The third-order valence-electron chi connectivity index (χ3n) is 5.07. The molecular weight excluding hydrogens is 404 g/mol.